The third kappa shape index (κ3) is 3.97. The molecule has 1 N–H and O–H groups in total. The van der Waals surface area contributed by atoms with Crippen molar-refractivity contribution in [1.82, 2.24) is 19.9 Å². The number of nitrogens with zero attached hydrogens (tertiary/aromatic N) is 4. The Morgan fingerprint density at radius 1 is 1.06 bits per heavy atom. The molecule has 0 spiro atoms. The number of pyridine rings is 2. The molecule has 0 unspecified atom stereocenters. The number of hydrogen-bond donors (Lipinski definition) is 1. The molecule has 3 aromatic rings. The van der Waals surface area contributed by atoms with Crippen LogP contribution in [0, 0.1) is 12.8 Å². The Bertz CT molecular complexity index is 1070. The summed E-state index contributed by atoms with van der Waals surface area (Å²) < 4.78 is 11.3. The van der Waals surface area contributed by atoms with Crippen LogP contribution in [0.2, 0.25) is 0 Å². The highest BCUT2D eigenvalue weighted by Gasteiger charge is 2.40. The minimum Gasteiger partial charge on any atom is -0.495 e. The zero-order chi connectivity index (χ0) is 21.4. The van der Waals surface area contributed by atoms with Crippen molar-refractivity contribution in [2.75, 3.05) is 13.7 Å². The fourth-order valence-electron chi connectivity index (χ4n) is 4.07. The second-order valence-corrected chi connectivity index (χ2v) is 8.49. The lowest BCUT2D eigenvalue weighted by Crippen LogP contribution is -2.34. The molecule has 2 aliphatic carbocycles. The molecule has 0 aliphatic heterocycles. The maximum absolute atomic E-state index is 10.5. The number of aromatic nitrogens is 4. The summed E-state index contributed by atoms with van der Waals surface area (Å²) in [5, 5.41) is 10.5. The molecule has 160 valence electrons. The molecule has 2 saturated carbocycles. The largest absolute Gasteiger partial charge is 0.495 e. The lowest BCUT2D eigenvalue weighted by Gasteiger charge is -2.35. The van der Waals surface area contributed by atoms with Crippen LogP contribution in [0.4, 0.5) is 0 Å². The van der Waals surface area contributed by atoms with Crippen LogP contribution >= 0.6 is 0 Å². The van der Waals surface area contributed by atoms with E-state index in [1.807, 2.05) is 31.2 Å². The molecule has 3 aromatic heterocycles. The molecule has 7 nitrogen and oxygen atoms in total. The zero-order valence-electron chi connectivity index (χ0n) is 17.8. The van der Waals surface area contributed by atoms with Gasteiger partial charge in [-0.15, -0.1) is 0 Å². The molecule has 31 heavy (non-hydrogen) atoms. The highest BCUT2D eigenvalue weighted by atomic mass is 16.5. The van der Waals surface area contributed by atoms with E-state index >= 15 is 0 Å². The molecule has 5 rings (SSSR count). The van der Waals surface area contributed by atoms with Crippen molar-refractivity contribution in [3.63, 3.8) is 0 Å². The van der Waals surface area contributed by atoms with E-state index in [4.69, 9.17) is 9.47 Å². The van der Waals surface area contributed by atoms with Crippen molar-refractivity contribution in [1.29, 1.82) is 0 Å². The topological polar surface area (TPSA) is 90.2 Å². The first kappa shape index (κ1) is 19.9. The summed E-state index contributed by atoms with van der Waals surface area (Å²) in [7, 11) is 1.64. The maximum atomic E-state index is 10.5. The fraction of sp³-hybridized carbons (Fsp3) is 0.417. The minimum atomic E-state index is -0.766. The first-order valence-electron chi connectivity index (χ1n) is 10.7. The molecule has 0 bridgehead atoms. The molecule has 2 atom stereocenters. The maximum Gasteiger partial charge on any atom is 0.224 e. The summed E-state index contributed by atoms with van der Waals surface area (Å²) in [5.74, 6) is 2.82. The Labute approximate surface area is 181 Å². The van der Waals surface area contributed by atoms with Crippen LogP contribution in [0.1, 0.15) is 48.8 Å². The Morgan fingerprint density at radius 2 is 1.94 bits per heavy atom. The van der Waals surface area contributed by atoms with Gasteiger partial charge in [-0.05, 0) is 50.8 Å². The Morgan fingerprint density at radius 3 is 2.58 bits per heavy atom. The average Bonchev–Trinajstić information content (AvgIpc) is 3.56. The van der Waals surface area contributed by atoms with Crippen LogP contribution in [-0.2, 0) is 5.60 Å². The monoisotopic (exact) mass is 418 g/mol. The van der Waals surface area contributed by atoms with Gasteiger partial charge in [-0.2, -0.15) is 4.98 Å². The summed E-state index contributed by atoms with van der Waals surface area (Å²) in [6.07, 6.45) is 8.94. The van der Waals surface area contributed by atoms with Crippen LogP contribution in [-0.4, -0.2) is 38.8 Å². The summed E-state index contributed by atoms with van der Waals surface area (Å²) in [4.78, 5) is 17.9. The zero-order valence-corrected chi connectivity index (χ0v) is 17.8. The lowest BCUT2D eigenvalue weighted by atomic mass is 9.77. The number of aryl methyl sites for hydroxylation is 1. The van der Waals surface area contributed by atoms with Crippen LogP contribution in [0.3, 0.4) is 0 Å². The first-order valence-corrected chi connectivity index (χ1v) is 10.7. The van der Waals surface area contributed by atoms with E-state index in [1.165, 1.54) is 0 Å². The molecular weight excluding hydrogens is 392 g/mol. The van der Waals surface area contributed by atoms with Crippen molar-refractivity contribution < 1.29 is 14.6 Å². The Hall–Kier alpha value is -3.06. The molecule has 2 aliphatic rings. The second kappa shape index (κ2) is 7.89. The van der Waals surface area contributed by atoms with E-state index < -0.39 is 5.60 Å². The van der Waals surface area contributed by atoms with Crippen LogP contribution in [0.25, 0.3) is 11.1 Å². The summed E-state index contributed by atoms with van der Waals surface area (Å²) in [6, 6.07) is 7.82. The molecule has 7 heteroatoms. The van der Waals surface area contributed by atoms with E-state index in [1.54, 1.807) is 25.7 Å². The molecular formula is C24H26N4O3. The van der Waals surface area contributed by atoms with Crippen LogP contribution in [0.15, 0.2) is 42.9 Å². The van der Waals surface area contributed by atoms with Crippen molar-refractivity contribution >= 4 is 0 Å². The van der Waals surface area contributed by atoms with Gasteiger partial charge in [0.2, 0.25) is 5.88 Å². The van der Waals surface area contributed by atoms with E-state index in [9.17, 15) is 5.11 Å². The van der Waals surface area contributed by atoms with Gasteiger partial charge in [0.05, 0.1) is 31.2 Å². The Kier molecular flexibility index (Phi) is 5.06. The standard InChI is InChI=1S/C24H26N4O3/c1-15-25-13-20(16-4-7-22(27-11-16)24(29)8-3-9-24)23(28-15)31-14-17-10-19(17)21-6-5-18(30-2)12-26-21/h4-7,11-13,17,19,29H,3,8-10,14H2,1-2H3/t17-,19+/m1/s1. The van der Waals surface area contributed by atoms with Crippen LogP contribution < -0.4 is 9.47 Å². The number of hydrogen-bond acceptors (Lipinski definition) is 7. The first-order chi connectivity index (χ1) is 15.1. The predicted molar refractivity (Wildman–Crippen MR) is 115 cm³/mol. The smallest absolute Gasteiger partial charge is 0.224 e. The third-order valence-corrected chi connectivity index (χ3v) is 6.34. The van der Waals surface area contributed by atoms with Crippen molar-refractivity contribution in [3.8, 4) is 22.8 Å². The van der Waals surface area contributed by atoms with E-state index in [2.05, 4.69) is 19.9 Å². The fourth-order valence-corrected chi connectivity index (χ4v) is 4.07. The van der Waals surface area contributed by atoms with Gasteiger partial charge in [-0.3, -0.25) is 9.97 Å². The minimum absolute atomic E-state index is 0.404. The van der Waals surface area contributed by atoms with Gasteiger partial charge in [0, 0.05) is 35.5 Å². The number of aliphatic hydroxyl groups is 1. The van der Waals surface area contributed by atoms with Crippen molar-refractivity contribution in [2.45, 2.75) is 44.1 Å². The van der Waals surface area contributed by atoms with Crippen molar-refractivity contribution in [3.05, 3.63) is 60.1 Å². The molecule has 0 aromatic carbocycles. The van der Waals surface area contributed by atoms with Crippen molar-refractivity contribution in [2.24, 2.45) is 5.92 Å². The van der Waals surface area contributed by atoms with Crippen LogP contribution in [0.5, 0.6) is 11.6 Å². The normalized spacial score (nSPS) is 21.3. The quantitative estimate of drug-likeness (QED) is 0.624. The molecule has 0 radical (unpaired) electrons. The molecule has 0 amide bonds. The van der Waals surface area contributed by atoms with E-state index in [0.29, 0.717) is 30.1 Å². The van der Waals surface area contributed by atoms with E-state index in [-0.39, 0.29) is 0 Å². The highest BCUT2D eigenvalue weighted by molar-refractivity contribution is 5.67. The predicted octanol–water partition coefficient (Wildman–Crippen LogP) is 3.80. The van der Waals surface area contributed by atoms with E-state index in [0.717, 1.165) is 53.9 Å². The summed E-state index contributed by atoms with van der Waals surface area (Å²) in [6.45, 7) is 2.43. The molecule has 3 heterocycles. The van der Waals surface area contributed by atoms with Gasteiger partial charge in [-0.1, -0.05) is 6.07 Å². The third-order valence-electron chi connectivity index (χ3n) is 6.34. The van der Waals surface area contributed by atoms with Gasteiger partial charge >= 0.3 is 0 Å². The van der Waals surface area contributed by atoms with Gasteiger partial charge in [0.25, 0.3) is 0 Å². The highest BCUT2D eigenvalue weighted by Crippen LogP contribution is 2.47. The average molecular weight is 418 g/mol. The van der Waals surface area contributed by atoms with Gasteiger partial charge in [-0.25, -0.2) is 4.98 Å². The Balaban J connectivity index is 1.28. The SMILES string of the molecule is COc1ccc([C@H]2C[C@@H]2COc2nc(C)ncc2-c2ccc(C3(O)CCC3)nc2)nc1. The number of methoxy groups -OCH3 is 1. The number of ether oxygens (including phenoxy) is 2. The van der Waals surface area contributed by atoms with Gasteiger partial charge < -0.3 is 14.6 Å². The molecule has 0 saturated heterocycles. The summed E-state index contributed by atoms with van der Waals surface area (Å²) in [5.41, 5.74) is 2.72. The van der Waals surface area contributed by atoms with Gasteiger partial charge in [0.1, 0.15) is 17.2 Å². The summed E-state index contributed by atoms with van der Waals surface area (Å²) >= 11 is 0. The lowest BCUT2D eigenvalue weighted by molar-refractivity contribution is -0.0426. The number of rotatable bonds is 7. The second-order valence-electron chi connectivity index (χ2n) is 8.49. The molecule has 2 fully saturated rings. The van der Waals surface area contributed by atoms with Gasteiger partial charge in [0.15, 0.2) is 0 Å².